The Morgan fingerprint density at radius 2 is 1.71 bits per heavy atom. The number of carbonyl (C=O) groups is 1. The van der Waals surface area contributed by atoms with Gasteiger partial charge in [0.2, 0.25) is 0 Å². The second-order valence-corrected chi connectivity index (χ2v) is 9.45. The quantitative estimate of drug-likeness (QED) is 0.731. The van der Waals surface area contributed by atoms with Crippen molar-refractivity contribution in [1.82, 2.24) is 9.80 Å². The number of ether oxygens (including phenoxy) is 2. The predicted octanol–water partition coefficient (Wildman–Crippen LogP) is 4.54. The molecule has 0 aromatic heterocycles. The Hall–Kier alpha value is -2.53. The summed E-state index contributed by atoms with van der Waals surface area (Å²) in [5, 5.41) is 0. The Bertz CT molecular complexity index is 935. The molecule has 3 aliphatic rings. The van der Waals surface area contributed by atoms with Crippen LogP contribution >= 0.6 is 0 Å². The number of hydrogen-bond donors (Lipinski definition) is 0. The van der Waals surface area contributed by atoms with E-state index < -0.39 is 0 Å². The highest BCUT2D eigenvalue weighted by Crippen LogP contribution is 2.55. The highest BCUT2D eigenvalue weighted by Gasteiger charge is 2.54. The summed E-state index contributed by atoms with van der Waals surface area (Å²) in [6, 6.07) is 17.5. The third-order valence-electron chi connectivity index (χ3n) is 7.23. The second-order valence-electron chi connectivity index (χ2n) is 9.45. The first-order valence-electron chi connectivity index (χ1n) is 11.6. The summed E-state index contributed by atoms with van der Waals surface area (Å²) >= 11 is 0. The van der Waals surface area contributed by atoms with E-state index in [2.05, 4.69) is 49.1 Å². The molecule has 5 heteroatoms. The van der Waals surface area contributed by atoms with Crippen LogP contribution in [0.25, 0.3) is 0 Å². The first-order valence-corrected chi connectivity index (χ1v) is 11.6. The number of benzene rings is 2. The van der Waals surface area contributed by atoms with Crippen molar-refractivity contribution in [1.29, 1.82) is 0 Å². The van der Waals surface area contributed by atoms with Gasteiger partial charge in [-0.25, -0.2) is 0 Å². The molecule has 5 rings (SSSR count). The number of piperidine rings is 1. The maximum Gasteiger partial charge on any atom is 0.253 e. The standard InChI is InChI=1S/C26H32N2O3/c1-19(2)28-18-26(24(28)20-7-4-3-5-8-20)11-13-27(14-12-26)25(29)21-9-10-22-23(17-21)31-16-6-15-30-22/h3-5,7-10,17,19,24H,6,11-16,18H2,1-2H3. The predicted molar refractivity (Wildman–Crippen MR) is 121 cm³/mol. The molecule has 1 atom stereocenters. The van der Waals surface area contributed by atoms with E-state index in [1.165, 1.54) is 5.56 Å². The Morgan fingerprint density at radius 3 is 2.42 bits per heavy atom. The summed E-state index contributed by atoms with van der Waals surface area (Å²) in [4.78, 5) is 17.9. The fourth-order valence-corrected chi connectivity index (χ4v) is 5.51. The largest absolute Gasteiger partial charge is 0.490 e. The van der Waals surface area contributed by atoms with E-state index in [0.717, 1.165) is 44.6 Å². The zero-order valence-electron chi connectivity index (χ0n) is 18.5. The smallest absolute Gasteiger partial charge is 0.253 e. The lowest BCUT2D eigenvalue weighted by Crippen LogP contribution is -2.64. The van der Waals surface area contributed by atoms with Gasteiger partial charge in [0, 0.05) is 49.1 Å². The average Bonchev–Trinajstić information content (AvgIpc) is 3.03. The third kappa shape index (κ3) is 3.69. The lowest BCUT2D eigenvalue weighted by Gasteiger charge is -2.62. The number of hydrogen-bond acceptors (Lipinski definition) is 4. The van der Waals surface area contributed by atoms with Crippen molar-refractivity contribution in [2.75, 3.05) is 32.8 Å². The highest BCUT2D eigenvalue weighted by molar-refractivity contribution is 5.95. The Morgan fingerprint density at radius 1 is 1.00 bits per heavy atom. The van der Waals surface area contributed by atoms with E-state index >= 15 is 0 Å². The molecule has 0 saturated carbocycles. The van der Waals surface area contributed by atoms with Crippen LogP contribution in [0.2, 0.25) is 0 Å². The fourth-order valence-electron chi connectivity index (χ4n) is 5.51. The van der Waals surface area contributed by atoms with Gasteiger partial charge in [0.25, 0.3) is 5.91 Å². The van der Waals surface area contributed by atoms with Crippen LogP contribution < -0.4 is 9.47 Å². The van der Waals surface area contributed by atoms with Crippen LogP contribution in [-0.4, -0.2) is 54.6 Å². The van der Waals surface area contributed by atoms with Gasteiger partial charge in [0.15, 0.2) is 11.5 Å². The van der Waals surface area contributed by atoms with E-state index in [1.54, 1.807) is 0 Å². The molecule has 0 N–H and O–H groups in total. The molecule has 3 aliphatic heterocycles. The minimum Gasteiger partial charge on any atom is -0.490 e. The fraction of sp³-hybridized carbons (Fsp3) is 0.500. The molecule has 0 bridgehead atoms. The molecule has 2 aromatic rings. The summed E-state index contributed by atoms with van der Waals surface area (Å²) in [6.45, 7) is 8.59. The Balaban J connectivity index is 1.30. The molecule has 0 radical (unpaired) electrons. The first-order chi connectivity index (χ1) is 15.1. The zero-order valence-corrected chi connectivity index (χ0v) is 18.5. The molecule has 2 fully saturated rings. The van der Waals surface area contributed by atoms with Crippen LogP contribution in [0, 0.1) is 5.41 Å². The minimum atomic E-state index is 0.0989. The van der Waals surface area contributed by atoms with Gasteiger partial charge >= 0.3 is 0 Å². The van der Waals surface area contributed by atoms with Gasteiger partial charge in [-0.15, -0.1) is 0 Å². The van der Waals surface area contributed by atoms with Crippen molar-refractivity contribution >= 4 is 5.91 Å². The molecule has 5 nitrogen and oxygen atoms in total. The highest BCUT2D eigenvalue weighted by atomic mass is 16.5. The molecule has 2 saturated heterocycles. The minimum absolute atomic E-state index is 0.0989. The molecule has 164 valence electrons. The summed E-state index contributed by atoms with van der Waals surface area (Å²) < 4.78 is 11.5. The summed E-state index contributed by atoms with van der Waals surface area (Å²) in [6.07, 6.45) is 2.96. The van der Waals surface area contributed by atoms with Gasteiger partial charge in [-0.05, 0) is 50.5 Å². The SMILES string of the molecule is CC(C)N1CC2(CCN(C(=O)c3ccc4c(c3)OCCCO4)CC2)C1c1ccccc1. The Labute approximate surface area is 184 Å². The van der Waals surface area contributed by atoms with Crippen molar-refractivity contribution in [3.05, 3.63) is 59.7 Å². The topological polar surface area (TPSA) is 42.0 Å². The van der Waals surface area contributed by atoms with Gasteiger partial charge in [0.1, 0.15) is 0 Å². The summed E-state index contributed by atoms with van der Waals surface area (Å²) in [5.41, 5.74) is 2.37. The van der Waals surface area contributed by atoms with Gasteiger partial charge < -0.3 is 14.4 Å². The molecule has 1 spiro atoms. The molecule has 1 unspecified atom stereocenters. The monoisotopic (exact) mass is 420 g/mol. The van der Waals surface area contributed by atoms with Crippen molar-refractivity contribution in [2.24, 2.45) is 5.41 Å². The van der Waals surface area contributed by atoms with Crippen LogP contribution in [0.1, 0.15) is 55.1 Å². The van der Waals surface area contributed by atoms with Gasteiger partial charge in [-0.1, -0.05) is 30.3 Å². The van der Waals surface area contributed by atoms with E-state index in [0.29, 0.717) is 36.6 Å². The number of rotatable bonds is 3. The van der Waals surface area contributed by atoms with E-state index in [-0.39, 0.29) is 11.3 Å². The molecule has 3 heterocycles. The van der Waals surface area contributed by atoms with E-state index in [9.17, 15) is 4.79 Å². The number of likely N-dealkylation sites (tertiary alicyclic amines) is 2. The maximum atomic E-state index is 13.2. The molecular formula is C26H32N2O3. The first kappa shape index (κ1) is 20.4. The zero-order chi connectivity index (χ0) is 21.4. The van der Waals surface area contributed by atoms with E-state index in [4.69, 9.17) is 9.47 Å². The van der Waals surface area contributed by atoms with Crippen molar-refractivity contribution in [3.63, 3.8) is 0 Å². The number of amides is 1. The third-order valence-corrected chi connectivity index (χ3v) is 7.23. The van der Waals surface area contributed by atoms with Crippen molar-refractivity contribution in [3.8, 4) is 11.5 Å². The molecule has 2 aromatic carbocycles. The lowest BCUT2D eigenvalue weighted by molar-refractivity contribution is -0.124. The van der Waals surface area contributed by atoms with Crippen LogP contribution in [0.3, 0.4) is 0 Å². The molecule has 1 amide bonds. The van der Waals surface area contributed by atoms with Crippen LogP contribution in [0.5, 0.6) is 11.5 Å². The van der Waals surface area contributed by atoms with Crippen LogP contribution in [0.4, 0.5) is 0 Å². The van der Waals surface area contributed by atoms with Crippen LogP contribution in [0.15, 0.2) is 48.5 Å². The average molecular weight is 421 g/mol. The van der Waals surface area contributed by atoms with Gasteiger partial charge in [-0.3, -0.25) is 9.69 Å². The number of carbonyl (C=O) groups excluding carboxylic acids is 1. The maximum absolute atomic E-state index is 13.2. The Kier molecular flexibility index (Phi) is 5.39. The molecule has 0 aliphatic carbocycles. The summed E-state index contributed by atoms with van der Waals surface area (Å²) in [5.74, 6) is 1.52. The van der Waals surface area contributed by atoms with Crippen molar-refractivity contribution < 1.29 is 14.3 Å². The number of nitrogens with zero attached hydrogens (tertiary/aromatic N) is 2. The lowest BCUT2D eigenvalue weighted by atomic mass is 9.62. The van der Waals surface area contributed by atoms with Gasteiger partial charge in [-0.2, -0.15) is 0 Å². The normalized spacial score (nSPS) is 22.8. The molecular weight excluding hydrogens is 388 g/mol. The van der Waals surface area contributed by atoms with Gasteiger partial charge in [0.05, 0.1) is 13.2 Å². The van der Waals surface area contributed by atoms with Crippen LogP contribution in [-0.2, 0) is 0 Å². The number of fused-ring (bicyclic) bond motifs is 1. The second kappa shape index (κ2) is 8.19. The van der Waals surface area contributed by atoms with E-state index in [1.807, 2.05) is 23.1 Å². The summed E-state index contributed by atoms with van der Waals surface area (Å²) in [7, 11) is 0. The molecule has 31 heavy (non-hydrogen) atoms. The van der Waals surface area contributed by atoms with Crippen molar-refractivity contribution in [2.45, 2.75) is 45.2 Å².